The Morgan fingerprint density at radius 3 is 2.47 bits per heavy atom. The van der Waals surface area contributed by atoms with Gasteiger partial charge in [0.05, 0.1) is 5.69 Å². The van der Waals surface area contributed by atoms with E-state index in [4.69, 9.17) is 10.7 Å². The van der Waals surface area contributed by atoms with Gasteiger partial charge in [-0.25, -0.2) is 4.98 Å². The highest BCUT2D eigenvalue weighted by molar-refractivity contribution is 5.66. The van der Waals surface area contributed by atoms with Gasteiger partial charge >= 0.3 is 0 Å². The summed E-state index contributed by atoms with van der Waals surface area (Å²) in [5.74, 6) is 0.961. The molecule has 1 aromatic heterocycles. The molecule has 0 fully saturated rings. The van der Waals surface area contributed by atoms with E-state index in [0.29, 0.717) is 6.54 Å². The molecule has 0 radical (unpaired) electrons. The summed E-state index contributed by atoms with van der Waals surface area (Å²) in [6.45, 7) is 11.1. The van der Waals surface area contributed by atoms with E-state index in [0.717, 1.165) is 17.2 Å². The molecule has 0 saturated heterocycles. The zero-order chi connectivity index (χ0) is 14.2. The number of imidazole rings is 1. The number of aromatic nitrogens is 2. The van der Waals surface area contributed by atoms with Crippen LogP contribution in [0.4, 0.5) is 0 Å². The number of hydrogen-bond donors (Lipinski definition) is 2. The highest BCUT2D eigenvalue weighted by Crippen LogP contribution is 2.28. The number of rotatable bonds is 3. The molecule has 2 aromatic rings. The molecule has 1 aromatic carbocycles. The van der Waals surface area contributed by atoms with E-state index in [1.54, 1.807) is 0 Å². The van der Waals surface area contributed by atoms with Crippen LogP contribution in [-0.2, 0) is 5.41 Å². The van der Waals surface area contributed by atoms with E-state index in [9.17, 15) is 0 Å². The smallest absolute Gasteiger partial charge is 0.113 e. The Kier molecular flexibility index (Phi) is 3.50. The zero-order valence-electron chi connectivity index (χ0n) is 12.5. The average molecular weight is 257 g/mol. The van der Waals surface area contributed by atoms with Crippen molar-refractivity contribution in [3.05, 3.63) is 40.8 Å². The number of H-pyrrole nitrogens is 1. The summed E-state index contributed by atoms with van der Waals surface area (Å²) in [5, 5.41) is 0. The van der Waals surface area contributed by atoms with E-state index >= 15 is 0 Å². The maximum Gasteiger partial charge on any atom is 0.113 e. The number of nitrogens with one attached hydrogen (secondary N) is 1. The van der Waals surface area contributed by atoms with Gasteiger partial charge in [0, 0.05) is 23.2 Å². The second-order valence-electron chi connectivity index (χ2n) is 5.97. The van der Waals surface area contributed by atoms with Crippen molar-refractivity contribution in [2.24, 2.45) is 5.73 Å². The zero-order valence-corrected chi connectivity index (χ0v) is 12.5. The molecule has 3 heteroatoms. The summed E-state index contributed by atoms with van der Waals surface area (Å²) in [6.07, 6.45) is 0. The summed E-state index contributed by atoms with van der Waals surface area (Å²) in [7, 11) is 0. The molecule has 0 aliphatic heterocycles. The van der Waals surface area contributed by atoms with Gasteiger partial charge in [0.25, 0.3) is 0 Å². The molecule has 0 saturated carbocycles. The number of aromatic amines is 1. The molecule has 0 unspecified atom stereocenters. The minimum atomic E-state index is -0.123. The molecule has 3 N–H and O–H groups in total. The van der Waals surface area contributed by atoms with E-state index in [1.165, 1.54) is 16.7 Å². The van der Waals surface area contributed by atoms with Crippen LogP contribution in [0.3, 0.4) is 0 Å². The Hall–Kier alpha value is -1.61. The fraction of sp³-hybridized carbons (Fsp3) is 0.438. The number of aryl methyl sites for hydroxylation is 3. The Balaban J connectivity index is 2.52. The molecule has 0 aliphatic rings. The van der Waals surface area contributed by atoms with Crippen molar-refractivity contribution in [2.45, 2.75) is 40.0 Å². The molecule has 0 aliphatic carbocycles. The third kappa shape index (κ3) is 2.56. The molecule has 1 heterocycles. The fourth-order valence-corrected chi connectivity index (χ4v) is 2.22. The van der Waals surface area contributed by atoms with Gasteiger partial charge in [-0.1, -0.05) is 37.6 Å². The van der Waals surface area contributed by atoms with Crippen LogP contribution >= 0.6 is 0 Å². The first-order valence-corrected chi connectivity index (χ1v) is 6.70. The second-order valence-corrected chi connectivity index (χ2v) is 5.97. The minimum Gasteiger partial charge on any atom is -0.345 e. The number of nitrogens with zero attached hydrogens (tertiary/aromatic N) is 1. The maximum atomic E-state index is 5.83. The van der Waals surface area contributed by atoms with Crippen molar-refractivity contribution in [1.29, 1.82) is 0 Å². The number of hydrogen-bond acceptors (Lipinski definition) is 2. The average Bonchev–Trinajstić information content (AvgIpc) is 2.72. The van der Waals surface area contributed by atoms with Gasteiger partial charge in [0.1, 0.15) is 5.82 Å². The molecule has 0 amide bonds. The van der Waals surface area contributed by atoms with Crippen molar-refractivity contribution < 1.29 is 0 Å². The van der Waals surface area contributed by atoms with Gasteiger partial charge in [-0.15, -0.1) is 0 Å². The number of nitrogens with two attached hydrogens (primary N) is 1. The standard InChI is InChI=1S/C16H23N3/c1-10-6-7-13(11(2)8-10)14-12(3)18-15(19-14)16(4,5)9-17/h6-8H,9,17H2,1-5H3,(H,18,19). The molecule has 19 heavy (non-hydrogen) atoms. The lowest BCUT2D eigenvalue weighted by Gasteiger charge is -2.18. The van der Waals surface area contributed by atoms with Crippen molar-refractivity contribution in [2.75, 3.05) is 6.54 Å². The Morgan fingerprint density at radius 1 is 1.21 bits per heavy atom. The first kappa shape index (κ1) is 13.8. The van der Waals surface area contributed by atoms with Gasteiger partial charge in [-0.3, -0.25) is 0 Å². The van der Waals surface area contributed by atoms with Crippen LogP contribution in [0.25, 0.3) is 11.3 Å². The minimum absolute atomic E-state index is 0.123. The van der Waals surface area contributed by atoms with E-state index < -0.39 is 0 Å². The van der Waals surface area contributed by atoms with Gasteiger partial charge in [-0.2, -0.15) is 0 Å². The summed E-state index contributed by atoms with van der Waals surface area (Å²) in [6, 6.07) is 6.47. The molecular formula is C16H23N3. The van der Waals surface area contributed by atoms with Crippen molar-refractivity contribution in [3.63, 3.8) is 0 Å². The molecular weight excluding hydrogens is 234 g/mol. The van der Waals surface area contributed by atoms with Crippen molar-refractivity contribution >= 4 is 0 Å². The molecule has 102 valence electrons. The molecule has 2 rings (SSSR count). The summed E-state index contributed by atoms with van der Waals surface area (Å²) in [5.41, 5.74) is 11.6. The lowest BCUT2D eigenvalue weighted by atomic mass is 9.93. The van der Waals surface area contributed by atoms with Crippen molar-refractivity contribution in [1.82, 2.24) is 9.97 Å². The topological polar surface area (TPSA) is 54.7 Å². The quantitative estimate of drug-likeness (QED) is 0.887. The molecule has 0 atom stereocenters. The van der Waals surface area contributed by atoms with E-state index in [-0.39, 0.29) is 5.41 Å². The van der Waals surface area contributed by atoms with Crippen LogP contribution in [0, 0.1) is 20.8 Å². The van der Waals surface area contributed by atoms with E-state index in [1.807, 2.05) is 0 Å². The Bertz CT molecular complexity index is 594. The first-order chi connectivity index (χ1) is 8.85. The summed E-state index contributed by atoms with van der Waals surface area (Å²) < 4.78 is 0. The maximum absolute atomic E-state index is 5.83. The third-order valence-corrected chi connectivity index (χ3v) is 3.67. The Labute approximate surface area is 115 Å². The fourth-order valence-electron chi connectivity index (χ4n) is 2.22. The van der Waals surface area contributed by atoms with Crippen LogP contribution in [0.2, 0.25) is 0 Å². The van der Waals surface area contributed by atoms with Gasteiger partial charge in [0.2, 0.25) is 0 Å². The van der Waals surface area contributed by atoms with Gasteiger partial charge < -0.3 is 10.7 Å². The normalized spacial score (nSPS) is 11.9. The van der Waals surface area contributed by atoms with Gasteiger partial charge in [-0.05, 0) is 26.3 Å². The third-order valence-electron chi connectivity index (χ3n) is 3.67. The SMILES string of the molecule is Cc1ccc(-c2nc(C(C)(C)CN)[nH]c2C)c(C)c1. The second kappa shape index (κ2) is 4.82. The molecule has 0 spiro atoms. The lowest BCUT2D eigenvalue weighted by Crippen LogP contribution is -2.29. The predicted octanol–water partition coefficient (Wildman–Crippen LogP) is 3.24. The van der Waals surface area contributed by atoms with E-state index in [2.05, 4.69) is 57.8 Å². The highest BCUT2D eigenvalue weighted by Gasteiger charge is 2.24. The molecule has 0 bridgehead atoms. The summed E-state index contributed by atoms with van der Waals surface area (Å²) >= 11 is 0. The largest absolute Gasteiger partial charge is 0.345 e. The van der Waals surface area contributed by atoms with Crippen LogP contribution in [-0.4, -0.2) is 16.5 Å². The van der Waals surface area contributed by atoms with Gasteiger partial charge in [0.15, 0.2) is 0 Å². The van der Waals surface area contributed by atoms with Crippen LogP contribution in [0.5, 0.6) is 0 Å². The molecule has 3 nitrogen and oxygen atoms in total. The number of benzene rings is 1. The lowest BCUT2D eigenvalue weighted by molar-refractivity contribution is 0.507. The highest BCUT2D eigenvalue weighted by atomic mass is 15.0. The first-order valence-electron chi connectivity index (χ1n) is 6.70. The van der Waals surface area contributed by atoms with Crippen LogP contribution < -0.4 is 5.73 Å². The summed E-state index contributed by atoms with van der Waals surface area (Å²) in [4.78, 5) is 8.16. The van der Waals surface area contributed by atoms with Crippen LogP contribution in [0.15, 0.2) is 18.2 Å². The van der Waals surface area contributed by atoms with Crippen LogP contribution in [0.1, 0.15) is 36.5 Å². The monoisotopic (exact) mass is 257 g/mol. The van der Waals surface area contributed by atoms with Crippen molar-refractivity contribution in [3.8, 4) is 11.3 Å². The Morgan fingerprint density at radius 2 is 1.89 bits per heavy atom. The predicted molar refractivity (Wildman–Crippen MR) is 80.3 cm³/mol.